The summed E-state index contributed by atoms with van der Waals surface area (Å²) in [7, 11) is 0. The topological polar surface area (TPSA) is 22.0 Å². The van der Waals surface area contributed by atoms with Crippen LogP contribution in [0.4, 0.5) is 0 Å². The standard InChI is InChI=1S/C19H21NO/c1-4-9-17-14-18(20(5-2)15(17)3)12-13-19(21)16-10-7-6-8-11-16/h5-8,10-14H,2,4,9H2,1,3H3/b13-12+. The molecule has 108 valence electrons. The molecule has 1 aromatic carbocycles. The zero-order valence-corrected chi connectivity index (χ0v) is 12.7. The van der Waals surface area contributed by atoms with Gasteiger partial charge in [-0.2, -0.15) is 0 Å². The van der Waals surface area contributed by atoms with E-state index >= 15 is 0 Å². The highest BCUT2D eigenvalue weighted by atomic mass is 16.1. The number of aryl methyl sites for hydroxylation is 1. The van der Waals surface area contributed by atoms with Crippen LogP contribution in [-0.4, -0.2) is 10.4 Å². The van der Waals surface area contributed by atoms with Crippen molar-refractivity contribution in [1.29, 1.82) is 0 Å². The van der Waals surface area contributed by atoms with Crippen LogP contribution in [0, 0.1) is 6.92 Å². The van der Waals surface area contributed by atoms with Crippen molar-refractivity contribution in [2.45, 2.75) is 26.7 Å². The van der Waals surface area contributed by atoms with E-state index in [1.165, 1.54) is 11.3 Å². The van der Waals surface area contributed by atoms with Gasteiger partial charge in [-0.1, -0.05) is 50.3 Å². The summed E-state index contributed by atoms with van der Waals surface area (Å²) < 4.78 is 2.03. The Morgan fingerprint density at radius 1 is 1.29 bits per heavy atom. The number of hydrogen-bond donors (Lipinski definition) is 0. The molecule has 0 aliphatic rings. The van der Waals surface area contributed by atoms with Crippen LogP contribution in [0.2, 0.25) is 0 Å². The minimum Gasteiger partial charge on any atom is -0.322 e. The Hall–Kier alpha value is -2.35. The summed E-state index contributed by atoms with van der Waals surface area (Å²) in [4.78, 5) is 12.1. The minimum atomic E-state index is 0.0158. The third-order valence-corrected chi connectivity index (χ3v) is 3.59. The number of ketones is 1. The summed E-state index contributed by atoms with van der Waals surface area (Å²) in [5, 5.41) is 0. The molecule has 21 heavy (non-hydrogen) atoms. The summed E-state index contributed by atoms with van der Waals surface area (Å²) in [5.74, 6) is 0.0158. The molecular weight excluding hydrogens is 258 g/mol. The molecule has 0 fully saturated rings. The summed E-state index contributed by atoms with van der Waals surface area (Å²) >= 11 is 0. The highest BCUT2D eigenvalue weighted by Gasteiger charge is 2.08. The largest absolute Gasteiger partial charge is 0.322 e. The number of aromatic nitrogens is 1. The van der Waals surface area contributed by atoms with E-state index in [0.717, 1.165) is 18.5 Å². The first-order chi connectivity index (χ1) is 10.2. The third kappa shape index (κ3) is 3.40. The molecule has 0 unspecified atom stereocenters. The molecular formula is C19H21NO. The number of allylic oxidation sites excluding steroid dienone is 1. The summed E-state index contributed by atoms with van der Waals surface area (Å²) in [6, 6.07) is 11.4. The van der Waals surface area contributed by atoms with Crippen LogP contribution in [0.25, 0.3) is 12.3 Å². The molecule has 0 N–H and O–H groups in total. The second-order valence-corrected chi connectivity index (χ2v) is 5.05. The molecule has 0 saturated carbocycles. The lowest BCUT2D eigenvalue weighted by atomic mass is 10.1. The van der Waals surface area contributed by atoms with E-state index in [4.69, 9.17) is 0 Å². The monoisotopic (exact) mass is 279 g/mol. The Morgan fingerprint density at radius 2 is 2.00 bits per heavy atom. The number of carbonyl (C=O) groups excluding carboxylic acids is 1. The van der Waals surface area contributed by atoms with Crippen LogP contribution in [0.1, 0.15) is 40.7 Å². The molecule has 2 rings (SSSR count). The maximum Gasteiger partial charge on any atom is 0.185 e. The van der Waals surface area contributed by atoms with Crippen LogP contribution in [0.3, 0.4) is 0 Å². The average Bonchev–Trinajstić information content (AvgIpc) is 2.81. The van der Waals surface area contributed by atoms with E-state index in [1.807, 2.05) is 41.0 Å². The highest BCUT2D eigenvalue weighted by molar-refractivity contribution is 6.06. The maximum absolute atomic E-state index is 12.1. The number of nitrogens with zero attached hydrogens (tertiary/aromatic N) is 1. The van der Waals surface area contributed by atoms with Gasteiger partial charge in [-0.05, 0) is 37.1 Å². The van der Waals surface area contributed by atoms with E-state index in [9.17, 15) is 4.79 Å². The van der Waals surface area contributed by atoms with E-state index in [1.54, 1.807) is 12.3 Å². The normalized spacial score (nSPS) is 11.0. The molecule has 2 nitrogen and oxygen atoms in total. The van der Waals surface area contributed by atoms with E-state index < -0.39 is 0 Å². The van der Waals surface area contributed by atoms with Gasteiger partial charge in [-0.15, -0.1) is 0 Å². The van der Waals surface area contributed by atoms with Crippen molar-refractivity contribution in [3.05, 3.63) is 71.6 Å². The molecule has 1 heterocycles. The minimum absolute atomic E-state index is 0.0158. The second-order valence-electron chi connectivity index (χ2n) is 5.05. The molecule has 0 amide bonds. The molecule has 0 atom stereocenters. The number of benzene rings is 1. The van der Waals surface area contributed by atoms with Gasteiger partial charge >= 0.3 is 0 Å². The van der Waals surface area contributed by atoms with Gasteiger partial charge in [0.05, 0.1) is 0 Å². The van der Waals surface area contributed by atoms with Crippen molar-refractivity contribution in [2.24, 2.45) is 0 Å². The highest BCUT2D eigenvalue weighted by Crippen LogP contribution is 2.19. The lowest BCUT2D eigenvalue weighted by molar-refractivity contribution is 0.104. The van der Waals surface area contributed by atoms with Crippen molar-refractivity contribution in [2.75, 3.05) is 0 Å². The lowest BCUT2D eigenvalue weighted by Gasteiger charge is -2.02. The Kier molecular flexibility index (Phi) is 4.94. The van der Waals surface area contributed by atoms with Crippen molar-refractivity contribution in [3.63, 3.8) is 0 Å². The first kappa shape index (κ1) is 15.0. The Morgan fingerprint density at radius 3 is 2.62 bits per heavy atom. The van der Waals surface area contributed by atoms with Gasteiger partial charge < -0.3 is 4.57 Å². The van der Waals surface area contributed by atoms with E-state index in [-0.39, 0.29) is 5.78 Å². The molecule has 0 aliphatic heterocycles. The molecule has 0 saturated heterocycles. The van der Waals surface area contributed by atoms with Gasteiger partial charge in [0.2, 0.25) is 0 Å². The zero-order valence-electron chi connectivity index (χ0n) is 12.7. The zero-order chi connectivity index (χ0) is 15.2. The molecule has 1 aromatic heterocycles. The van der Waals surface area contributed by atoms with Crippen molar-refractivity contribution < 1.29 is 4.79 Å². The number of hydrogen-bond acceptors (Lipinski definition) is 1. The summed E-state index contributed by atoms with van der Waals surface area (Å²) in [6.07, 6.45) is 7.43. The van der Waals surface area contributed by atoms with Gasteiger partial charge in [0.15, 0.2) is 5.78 Å². The van der Waals surface area contributed by atoms with Crippen LogP contribution < -0.4 is 0 Å². The molecule has 0 bridgehead atoms. The average molecular weight is 279 g/mol. The first-order valence-corrected chi connectivity index (χ1v) is 7.28. The number of carbonyl (C=O) groups is 1. The Bertz CT molecular complexity index is 662. The number of rotatable bonds is 6. The molecule has 2 aromatic rings. The smallest absolute Gasteiger partial charge is 0.185 e. The van der Waals surface area contributed by atoms with Gasteiger partial charge in [0.25, 0.3) is 0 Å². The summed E-state index contributed by atoms with van der Waals surface area (Å²) in [6.45, 7) is 8.11. The predicted molar refractivity (Wildman–Crippen MR) is 89.4 cm³/mol. The fraction of sp³-hybridized carbons (Fsp3) is 0.211. The van der Waals surface area contributed by atoms with Gasteiger partial charge in [-0.3, -0.25) is 4.79 Å². The van der Waals surface area contributed by atoms with Crippen molar-refractivity contribution in [3.8, 4) is 0 Å². The summed E-state index contributed by atoms with van der Waals surface area (Å²) in [5.41, 5.74) is 4.20. The van der Waals surface area contributed by atoms with Crippen molar-refractivity contribution >= 4 is 18.1 Å². The molecule has 0 aliphatic carbocycles. The Labute approximate surface area is 126 Å². The fourth-order valence-corrected chi connectivity index (χ4v) is 2.45. The van der Waals surface area contributed by atoms with Crippen LogP contribution in [-0.2, 0) is 6.42 Å². The molecule has 0 spiro atoms. The van der Waals surface area contributed by atoms with E-state index in [0.29, 0.717) is 5.56 Å². The van der Waals surface area contributed by atoms with Crippen molar-refractivity contribution in [1.82, 2.24) is 4.57 Å². The van der Waals surface area contributed by atoms with Gasteiger partial charge in [0, 0.05) is 23.2 Å². The first-order valence-electron chi connectivity index (χ1n) is 7.28. The molecule has 2 heteroatoms. The molecule has 0 radical (unpaired) electrons. The SMILES string of the molecule is C=Cn1c(/C=C/C(=O)c2ccccc2)cc(CCC)c1C. The van der Waals surface area contributed by atoms with Gasteiger partial charge in [0.1, 0.15) is 0 Å². The van der Waals surface area contributed by atoms with Gasteiger partial charge in [-0.25, -0.2) is 0 Å². The Balaban J connectivity index is 2.27. The van der Waals surface area contributed by atoms with Crippen LogP contribution in [0.5, 0.6) is 0 Å². The predicted octanol–water partition coefficient (Wildman–Crippen LogP) is 4.75. The lowest BCUT2D eigenvalue weighted by Crippen LogP contribution is -1.95. The van der Waals surface area contributed by atoms with Crippen LogP contribution in [0.15, 0.2) is 49.1 Å². The van der Waals surface area contributed by atoms with E-state index in [2.05, 4.69) is 26.5 Å². The quantitative estimate of drug-likeness (QED) is 0.552. The third-order valence-electron chi connectivity index (χ3n) is 3.59. The van der Waals surface area contributed by atoms with Crippen LogP contribution >= 0.6 is 0 Å². The fourth-order valence-electron chi connectivity index (χ4n) is 2.45. The maximum atomic E-state index is 12.1. The second kappa shape index (κ2) is 6.89.